The molecule has 0 aliphatic rings. The maximum Gasteiger partial charge on any atom is 0.261 e. The van der Waals surface area contributed by atoms with Crippen molar-refractivity contribution >= 4 is 38.8 Å². The van der Waals surface area contributed by atoms with Gasteiger partial charge in [-0.3, -0.25) is 0 Å². The number of oxazole rings is 1. The molecule has 0 amide bonds. The smallest absolute Gasteiger partial charge is 0.261 e. The maximum absolute atomic E-state index is 9.61. The highest BCUT2D eigenvalue weighted by atomic mass is 79.9. The number of aromatic nitrogens is 1. The molecule has 1 aromatic heterocycles. The Bertz CT molecular complexity index is 721. The topological polar surface area (TPSA) is 46.3 Å². The molecule has 0 fully saturated rings. The zero-order valence-electron chi connectivity index (χ0n) is 10.7. The predicted molar refractivity (Wildman–Crippen MR) is 82.9 cm³/mol. The number of rotatable bonds is 3. The van der Waals surface area contributed by atoms with Crippen molar-refractivity contribution in [1.29, 1.82) is 0 Å². The number of benzene rings is 2. The van der Waals surface area contributed by atoms with Crippen LogP contribution < -0.4 is 0 Å². The highest BCUT2D eigenvalue weighted by Crippen LogP contribution is 2.33. The van der Waals surface area contributed by atoms with Gasteiger partial charge in [-0.05, 0) is 48.5 Å². The highest BCUT2D eigenvalue weighted by Gasteiger charge is 2.10. The summed E-state index contributed by atoms with van der Waals surface area (Å²) in [6.07, 6.45) is -0.493. The molecule has 1 N–H and O–H groups in total. The molecular formula is C15H12BrNO2S. The quantitative estimate of drug-likeness (QED) is 0.737. The summed E-state index contributed by atoms with van der Waals surface area (Å²) in [6, 6.07) is 13.5. The van der Waals surface area contributed by atoms with Crippen molar-refractivity contribution in [1.82, 2.24) is 4.98 Å². The maximum atomic E-state index is 9.61. The average Bonchev–Trinajstić information content (AvgIpc) is 2.80. The molecule has 0 bridgehead atoms. The summed E-state index contributed by atoms with van der Waals surface area (Å²) < 4.78 is 6.56. The lowest BCUT2D eigenvalue weighted by Crippen LogP contribution is -1.92. The molecule has 0 saturated heterocycles. The Balaban J connectivity index is 1.89. The fourth-order valence-electron chi connectivity index (χ4n) is 1.91. The SMILES string of the molecule is CC(O)c1ccc(Sc2nc3ccccc3o2)cc1Br. The van der Waals surface area contributed by atoms with Crippen molar-refractivity contribution in [2.75, 3.05) is 0 Å². The Morgan fingerprint density at radius 3 is 2.75 bits per heavy atom. The van der Waals surface area contributed by atoms with Crippen LogP contribution in [0, 0.1) is 0 Å². The van der Waals surface area contributed by atoms with E-state index in [0.717, 1.165) is 26.0 Å². The normalized spacial score (nSPS) is 12.8. The predicted octanol–water partition coefficient (Wildman–Crippen LogP) is 4.79. The summed E-state index contributed by atoms with van der Waals surface area (Å²) in [4.78, 5) is 5.43. The van der Waals surface area contributed by atoms with Gasteiger partial charge in [-0.1, -0.05) is 34.1 Å². The van der Waals surface area contributed by atoms with Crippen LogP contribution in [0.3, 0.4) is 0 Å². The second-order valence-corrected chi connectivity index (χ2v) is 6.29. The van der Waals surface area contributed by atoms with Crippen molar-refractivity contribution in [2.45, 2.75) is 23.1 Å². The largest absolute Gasteiger partial charge is 0.431 e. The first-order chi connectivity index (χ1) is 9.63. The van der Waals surface area contributed by atoms with Crippen molar-refractivity contribution in [2.24, 2.45) is 0 Å². The van der Waals surface area contributed by atoms with E-state index in [4.69, 9.17) is 4.42 Å². The monoisotopic (exact) mass is 349 g/mol. The third-order valence-electron chi connectivity index (χ3n) is 2.90. The number of halogens is 1. The van der Waals surface area contributed by atoms with E-state index in [-0.39, 0.29) is 0 Å². The van der Waals surface area contributed by atoms with Crippen LogP contribution in [0.25, 0.3) is 11.1 Å². The molecule has 0 spiro atoms. The number of aliphatic hydroxyl groups excluding tert-OH is 1. The lowest BCUT2D eigenvalue weighted by atomic mass is 10.1. The average molecular weight is 350 g/mol. The first-order valence-electron chi connectivity index (χ1n) is 6.14. The summed E-state index contributed by atoms with van der Waals surface area (Å²) in [7, 11) is 0. The van der Waals surface area contributed by atoms with Crippen LogP contribution >= 0.6 is 27.7 Å². The van der Waals surface area contributed by atoms with Gasteiger partial charge in [-0.25, -0.2) is 4.98 Å². The Kier molecular flexibility index (Phi) is 3.83. The number of hydrogen-bond donors (Lipinski definition) is 1. The van der Waals surface area contributed by atoms with Crippen molar-refractivity contribution in [3.05, 3.63) is 52.5 Å². The number of fused-ring (bicyclic) bond motifs is 1. The molecule has 1 atom stereocenters. The molecule has 0 aliphatic heterocycles. The van der Waals surface area contributed by atoms with Crippen LogP contribution in [0.1, 0.15) is 18.6 Å². The van der Waals surface area contributed by atoms with Crippen LogP contribution in [0.15, 0.2) is 61.5 Å². The lowest BCUT2D eigenvalue weighted by molar-refractivity contribution is 0.198. The van der Waals surface area contributed by atoms with Gasteiger partial charge in [0.05, 0.1) is 6.10 Å². The van der Waals surface area contributed by atoms with Gasteiger partial charge in [-0.2, -0.15) is 0 Å². The number of aliphatic hydroxyl groups is 1. The molecule has 2 aromatic carbocycles. The minimum Gasteiger partial charge on any atom is -0.431 e. The van der Waals surface area contributed by atoms with E-state index in [2.05, 4.69) is 20.9 Å². The molecule has 0 radical (unpaired) electrons. The molecule has 1 unspecified atom stereocenters. The lowest BCUT2D eigenvalue weighted by Gasteiger charge is -2.08. The molecule has 102 valence electrons. The van der Waals surface area contributed by atoms with E-state index in [1.807, 2.05) is 42.5 Å². The van der Waals surface area contributed by atoms with Crippen LogP contribution in [0.2, 0.25) is 0 Å². The van der Waals surface area contributed by atoms with Crippen molar-refractivity contribution in [3.8, 4) is 0 Å². The molecular weight excluding hydrogens is 338 g/mol. The first-order valence-corrected chi connectivity index (χ1v) is 7.75. The Morgan fingerprint density at radius 2 is 2.05 bits per heavy atom. The van der Waals surface area contributed by atoms with E-state index in [9.17, 15) is 5.11 Å². The number of hydrogen-bond acceptors (Lipinski definition) is 4. The number of para-hydroxylation sites is 2. The molecule has 1 heterocycles. The standard InChI is InChI=1S/C15H12BrNO2S/c1-9(18)11-7-6-10(8-12(11)16)20-15-17-13-4-2-3-5-14(13)19-15/h2-9,18H,1H3. The van der Waals surface area contributed by atoms with Gasteiger partial charge in [-0.15, -0.1) is 0 Å². The minimum absolute atomic E-state index is 0.493. The van der Waals surface area contributed by atoms with Gasteiger partial charge in [0.25, 0.3) is 5.22 Å². The Labute approximate surface area is 129 Å². The van der Waals surface area contributed by atoms with Crippen LogP contribution in [0.5, 0.6) is 0 Å². The van der Waals surface area contributed by atoms with E-state index < -0.39 is 6.10 Å². The molecule has 0 saturated carbocycles. The minimum atomic E-state index is -0.493. The zero-order valence-corrected chi connectivity index (χ0v) is 13.1. The summed E-state index contributed by atoms with van der Waals surface area (Å²) in [5.74, 6) is 0. The van der Waals surface area contributed by atoms with Crippen molar-refractivity contribution < 1.29 is 9.52 Å². The van der Waals surface area contributed by atoms with Crippen LogP contribution in [0.4, 0.5) is 0 Å². The summed E-state index contributed by atoms with van der Waals surface area (Å²) >= 11 is 4.93. The third-order valence-corrected chi connectivity index (χ3v) is 4.43. The van der Waals surface area contributed by atoms with Gasteiger partial charge in [0, 0.05) is 9.37 Å². The molecule has 3 nitrogen and oxygen atoms in total. The van der Waals surface area contributed by atoms with Gasteiger partial charge in [0.1, 0.15) is 5.52 Å². The molecule has 20 heavy (non-hydrogen) atoms. The summed E-state index contributed by atoms with van der Waals surface area (Å²) in [5, 5.41) is 10.2. The van der Waals surface area contributed by atoms with Gasteiger partial charge < -0.3 is 9.52 Å². The highest BCUT2D eigenvalue weighted by molar-refractivity contribution is 9.10. The Hall–Kier alpha value is -1.30. The van der Waals surface area contributed by atoms with Crippen molar-refractivity contribution in [3.63, 3.8) is 0 Å². The van der Waals surface area contributed by atoms with Gasteiger partial charge in [0.2, 0.25) is 0 Å². The first kappa shape index (κ1) is 13.7. The van der Waals surface area contributed by atoms with E-state index >= 15 is 0 Å². The van der Waals surface area contributed by atoms with E-state index in [1.165, 1.54) is 11.8 Å². The second kappa shape index (κ2) is 5.60. The zero-order chi connectivity index (χ0) is 14.1. The summed E-state index contributed by atoms with van der Waals surface area (Å²) in [6.45, 7) is 1.74. The van der Waals surface area contributed by atoms with Gasteiger partial charge >= 0.3 is 0 Å². The van der Waals surface area contributed by atoms with E-state index in [0.29, 0.717) is 5.22 Å². The molecule has 5 heteroatoms. The fraction of sp³-hybridized carbons (Fsp3) is 0.133. The molecule has 3 aromatic rings. The summed E-state index contributed by atoms with van der Waals surface area (Å²) in [5.41, 5.74) is 2.51. The van der Waals surface area contributed by atoms with Crippen LogP contribution in [-0.4, -0.2) is 10.1 Å². The second-order valence-electron chi connectivity index (χ2n) is 4.41. The fourth-order valence-corrected chi connectivity index (χ4v) is 3.56. The molecule has 0 aliphatic carbocycles. The van der Waals surface area contributed by atoms with Crippen LogP contribution in [-0.2, 0) is 0 Å². The third kappa shape index (κ3) is 2.75. The van der Waals surface area contributed by atoms with Gasteiger partial charge in [0.15, 0.2) is 5.58 Å². The Morgan fingerprint density at radius 1 is 1.25 bits per heavy atom. The molecule has 3 rings (SSSR count). The number of nitrogens with zero attached hydrogens (tertiary/aromatic N) is 1. The van der Waals surface area contributed by atoms with E-state index in [1.54, 1.807) is 6.92 Å².